The Morgan fingerprint density at radius 1 is 1.07 bits per heavy atom. The number of hydrogen-bond acceptors (Lipinski definition) is 3. The second kappa shape index (κ2) is 10.4. The molecule has 0 saturated carbocycles. The van der Waals surface area contributed by atoms with Gasteiger partial charge in [-0.15, -0.1) is 0 Å². The van der Waals surface area contributed by atoms with Gasteiger partial charge >= 0.3 is 0 Å². The maximum absolute atomic E-state index is 12.9. The molecule has 28 heavy (non-hydrogen) atoms. The molecule has 0 unspecified atom stereocenters. The Hall–Kier alpha value is -2.89. The molecule has 0 fully saturated rings. The number of likely N-dealkylation sites (N-methyl/N-ethyl adjacent to an activating group) is 1. The number of nitrogens with one attached hydrogen (secondary N) is 1. The molecular weight excluding hydrogens is 359 g/mol. The SMILES string of the molecule is CCN(CC(=O)NCc1ccc(F)cc1)C(=O)CCOc1cc(C)cc(C)c1. The van der Waals surface area contributed by atoms with E-state index in [4.69, 9.17) is 4.74 Å². The van der Waals surface area contributed by atoms with E-state index >= 15 is 0 Å². The molecule has 0 aliphatic carbocycles. The molecule has 150 valence electrons. The van der Waals surface area contributed by atoms with Crippen molar-refractivity contribution in [1.29, 1.82) is 0 Å². The molecule has 0 saturated heterocycles. The summed E-state index contributed by atoms with van der Waals surface area (Å²) < 4.78 is 18.6. The summed E-state index contributed by atoms with van der Waals surface area (Å²) in [5, 5.41) is 2.75. The quantitative estimate of drug-likeness (QED) is 0.719. The Balaban J connectivity index is 1.76. The van der Waals surface area contributed by atoms with Crippen LogP contribution in [0.15, 0.2) is 42.5 Å². The van der Waals surface area contributed by atoms with Gasteiger partial charge < -0.3 is 15.0 Å². The van der Waals surface area contributed by atoms with Crippen LogP contribution in [0.1, 0.15) is 30.0 Å². The van der Waals surface area contributed by atoms with Crippen LogP contribution >= 0.6 is 0 Å². The number of ether oxygens (including phenoxy) is 1. The van der Waals surface area contributed by atoms with Crippen LogP contribution < -0.4 is 10.1 Å². The minimum atomic E-state index is -0.319. The molecule has 2 aromatic carbocycles. The number of rotatable bonds is 9. The lowest BCUT2D eigenvalue weighted by molar-refractivity contribution is -0.136. The molecule has 0 bridgehead atoms. The van der Waals surface area contributed by atoms with Crippen LogP contribution in [-0.2, 0) is 16.1 Å². The van der Waals surface area contributed by atoms with E-state index in [-0.39, 0.29) is 37.2 Å². The Morgan fingerprint density at radius 2 is 1.71 bits per heavy atom. The third-order valence-corrected chi connectivity index (χ3v) is 4.25. The van der Waals surface area contributed by atoms with Gasteiger partial charge in [-0.3, -0.25) is 9.59 Å². The summed E-state index contributed by atoms with van der Waals surface area (Å²) in [6.07, 6.45) is 0.200. The molecule has 6 heteroatoms. The number of carbonyl (C=O) groups excluding carboxylic acids is 2. The molecule has 5 nitrogen and oxygen atoms in total. The first-order valence-electron chi connectivity index (χ1n) is 9.37. The van der Waals surface area contributed by atoms with Crippen LogP contribution in [0, 0.1) is 19.7 Å². The fourth-order valence-electron chi connectivity index (χ4n) is 2.84. The lowest BCUT2D eigenvalue weighted by Crippen LogP contribution is -2.40. The molecule has 0 atom stereocenters. The zero-order valence-corrected chi connectivity index (χ0v) is 16.6. The molecule has 0 aromatic heterocycles. The van der Waals surface area contributed by atoms with E-state index in [1.54, 1.807) is 12.1 Å². The fraction of sp³-hybridized carbons (Fsp3) is 0.364. The molecule has 0 heterocycles. The second-order valence-electron chi connectivity index (χ2n) is 6.73. The van der Waals surface area contributed by atoms with Gasteiger partial charge in [-0.05, 0) is 61.7 Å². The Labute approximate surface area is 165 Å². The number of nitrogens with zero attached hydrogens (tertiary/aromatic N) is 1. The monoisotopic (exact) mass is 386 g/mol. The smallest absolute Gasteiger partial charge is 0.239 e. The molecule has 2 rings (SSSR count). The molecule has 0 radical (unpaired) electrons. The largest absolute Gasteiger partial charge is 0.493 e. The number of benzene rings is 2. The predicted octanol–water partition coefficient (Wildman–Crippen LogP) is 3.38. The summed E-state index contributed by atoms with van der Waals surface area (Å²) in [5.41, 5.74) is 3.01. The number of halogens is 1. The Kier molecular flexibility index (Phi) is 7.99. The molecule has 0 aliphatic rings. The molecular formula is C22H27FN2O3. The highest BCUT2D eigenvalue weighted by molar-refractivity contribution is 5.84. The fourth-order valence-corrected chi connectivity index (χ4v) is 2.84. The van der Waals surface area contributed by atoms with Gasteiger partial charge in [0, 0.05) is 13.1 Å². The van der Waals surface area contributed by atoms with Crippen molar-refractivity contribution in [3.05, 3.63) is 65.0 Å². The highest BCUT2D eigenvalue weighted by Gasteiger charge is 2.15. The first-order chi connectivity index (χ1) is 13.4. The first kappa shape index (κ1) is 21.4. The summed E-state index contributed by atoms with van der Waals surface area (Å²) in [7, 11) is 0. The second-order valence-corrected chi connectivity index (χ2v) is 6.73. The summed E-state index contributed by atoms with van der Waals surface area (Å²) in [5.74, 6) is 0.0322. The van der Waals surface area contributed by atoms with Crippen molar-refractivity contribution < 1.29 is 18.7 Å². The summed E-state index contributed by atoms with van der Waals surface area (Å²) in [6.45, 7) is 6.79. The van der Waals surface area contributed by atoms with E-state index < -0.39 is 0 Å². The number of carbonyl (C=O) groups is 2. The first-order valence-corrected chi connectivity index (χ1v) is 9.37. The molecule has 2 amide bonds. The standard InChI is InChI=1S/C22H27FN2O3/c1-4-25(15-21(26)24-14-18-5-7-19(23)8-6-18)22(27)9-10-28-20-12-16(2)11-17(3)13-20/h5-8,11-13H,4,9-10,14-15H2,1-3H3,(H,24,26). The highest BCUT2D eigenvalue weighted by atomic mass is 19.1. The van der Waals surface area contributed by atoms with E-state index in [9.17, 15) is 14.0 Å². The van der Waals surface area contributed by atoms with Gasteiger partial charge in [0.05, 0.1) is 19.6 Å². The topological polar surface area (TPSA) is 58.6 Å². The van der Waals surface area contributed by atoms with Crippen molar-refractivity contribution in [3.8, 4) is 5.75 Å². The van der Waals surface area contributed by atoms with Gasteiger partial charge in [0.15, 0.2) is 0 Å². The van der Waals surface area contributed by atoms with E-state index in [1.165, 1.54) is 17.0 Å². The van der Waals surface area contributed by atoms with Gasteiger partial charge in [0.2, 0.25) is 11.8 Å². The molecule has 0 aliphatic heterocycles. The number of amides is 2. The Bertz CT molecular complexity index is 786. The van der Waals surface area contributed by atoms with Crippen LogP contribution in [0.2, 0.25) is 0 Å². The maximum Gasteiger partial charge on any atom is 0.239 e. The minimum absolute atomic E-state index is 0.0138. The van der Waals surface area contributed by atoms with Crippen molar-refractivity contribution in [2.45, 2.75) is 33.7 Å². The van der Waals surface area contributed by atoms with Crippen molar-refractivity contribution in [3.63, 3.8) is 0 Å². The van der Waals surface area contributed by atoms with Crippen molar-refractivity contribution in [2.75, 3.05) is 19.7 Å². The summed E-state index contributed by atoms with van der Waals surface area (Å²) in [4.78, 5) is 26.0. The van der Waals surface area contributed by atoms with Gasteiger partial charge in [-0.2, -0.15) is 0 Å². The summed E-state index contributed by atoms with van der Waals surface area (Å²) in [6, 6.07) is 11.8. The number of aryl methyl sites for hydroxylation is 2. The van der Waals surface area contributed by atoms with E-state index in [0.717, 1.165) is 22.4 Å². The van der Waals surface area contributed by atoms with Crippen LogP contribution in [-0.4, -0.2) is 36.4 Å². The molecule has 1 N–H and O–H groups in total. The predicted molar refractivity (Wildman–Crippen MR) is 107 cm³/mol. The third-order valence-electron chi connectivity index (χ3n) is 4.25. The van der Waals surface area contributed by atoms with Gasteiger partial charge in [-0.25, -0.2) is 4.39 Å². The van der Waals surface area contributed by atoms with Gasteiger partial charge in [0.1, 0.15) is 11.6 Å². The van der Waals surface area contributed by atoms with E-state index in [2.05, 4.69) is 11.4 Å². The average Bonchev–Trinajstić information content (AvgIpc) is 2.64. The zero-order chi connectivity index (χ0) is 20.5. The van der Waals surface area contributed by atoms with Crippen molar-refractivity contribution >= 4 is 11.8 Å². The lowest BCUT2D eigenvalue weighted by Gasteiger charge is -2.20. The van der Waals surface area contributed by atoms with Crippen molar-refractivity contribution in [2.24, 2.45) is 0 Å². The average molecular weight is 386 g/mol. The Morgan fingerprint density at radius 3 is 2.32 bits per heavy atom. The minimum Gasteiger partial charge on any atom is -0.493 e. The lowest BCUT2D eigenvalue weighted by atomic mass is 10.1. The molecule has 2 aromatic rings. The van der Waals surface area contributed by atoms with Crippen LogP contribution in [0.5, 0.6) is 5.75 Å². The van der Waals surface area contributed by atoms with Crippen LogP contribution in [0.25, 0.3) is 0 Å². The van der Waals surface area contributed by atoms with Crippen LogP contribution in [0.3, 0.4) is 0 Å². The van der Waals surface area contributed by atoms with Gasteiger partial charge in [0.25, 0.3) is 0 Å². The highest BCUT2D eigenvalue weighted by Crippen LogP contribution is 2.16. The van der Waals surface area contributed by atoms with E-state index in [0.29, 0.717) is 13.1 Å². The normalized spacial score (nSPS) is 10.4. The zero-order valence-electron chi connectivity index (χ0n) is 16.6. The van der Waals surface area contributed by atoms with Crippen molar-refractivity contribution in [1.82, 2.24) is 10.2 Å². The van der Waals surface area contributed by atoms with Crippen LogP contribution in [0.4, 0.5) is 4.39 Å². The summed E-state index contributed by atoms with van der Waals surface area (Å²) >= 11 is 0. The molecule has 0 spiro atoms. The number of hydrogen-bond donors (Lipinski definition) is 1. The third kappa shape index (κ3) is 7.02. The van der Waals surface area contributed by atoms with Gasteiger partial charge in [-0.1, -0.05) is 18.2 Å². The van der Waals surface area contributed by atoms with E-state index in [1.807, 2.05) is 32.9 Å². The maximum atomic E-state index is 12.9.